The van der Waals surface area contributed by atoms with Crippen LogP contribution in [0.25, 0.3) is 11.1 Å². The molecule has 0 saturated heterocycles. The van der Waals surface area contributed by atoms with Gasteiger partial charge in [0.1, 0.15) is 23.1 Å². The Labute approximate surface area is 164 Å². The first kappa shape index (κ1) is 15.8. The van der Waals surface area contributed by atoms with Crippen LogP contribution in [0.4, 0.5) is 14.5 Å². The fourth-order valence-electron chi connectivity index (χ4n) is 3.10. The molecule has 0 radical (unpaired) electrons. The maximum atomic E-state index is 14.6. The summed E-state index contributed by atoms with van der Waals surface area (Å²) in [5.74, 6) is -3.79. The number of hydrogen-bond acceptors (Lipinski definition) is 4. The van der Waals surface area contributed by atoms with Gasteiger partial charge in [0.2, 0.25) is 0 Å². The maximum Gasteiger partial charge on any atom is 0.271 e. The van der Waals surface area contributed by atoms with E-state index in [1.165, 1.54) is 29.7 Å². The average Bonchev–Trinajstić information content (AvgIpc) is 3.18. The SMILES string of the molecule is [2H]C([2H])([2H])Oc1cccc(-c2cc(F)c(NC(=O)C3=C(C(=O)NO)CCC3)c(F)c2)c1. The summed E-state index contributed by atoms with van der Waals surface area (Å²) in [4.78, 5) is 24.1. The van der Waals surface area contributed by atoms with Crippen molar-refractivity contribution in [3.05, 3.63) is 59.2 Å². The van der Waals surface area contributed by atoms with Gasteiger partial charge in [-0.25, -0.2) is 14.3 Å². The molecule has 146 valence electrons. The molecule has 8 heteroatoms. The molecule has 2 aromatic carbocycles. The van der Waals surface area contributed by atoms with E-state index in [2.05, 4.69) is 5.32 Å². The molecule has 0 unspecified atom stereocenters. The first-order valence-electron chi connectivity index (χ1n) is 9.85. The zero-order valence-corrected chi connectivity index (χ0v) is 14.5. The number of ether oxygens (including phenoxy) is 1. The summed E-state index contributed by atoms with van der Waals surface area (Å²) in [5.41, 5.74) is 1.27. The van der Waals surface area contributed by atoms with Gasteiger partial charge in [-0.3, -0.25) is 14.8 Å². The Morgan fingerprint density at radius 3 is 2.39 bits per heavy atom. The van der Waals surface area contributed by atoms with Crippen LogP contribution in [0.5, 0.6) is 5.75 Å². The van der Waals surface area contributed by atoms with Gasteiger partial charge in [0.05, 0.1) is 11.2 Å². The number of amides is 2. The molecule has 0 spiro atoms. The summed E-state index contributed by atoms with van der Waals surface area (Å²) in [5, 5.41) is 10.9. The molecule has 6 nitrogen and oxygen atoms in total. The predicted molar refractivity (Wildman–Crippen MR) is 97.8 cm³/mol. The zero-order valence-electron chi connectivity index (χ0n) is 17.5. The quantitative estimate of drug-likeness (QED) is 0.537. The summed E-state index contributed by atoms with van der Waals surface area (Å²) < 4.78 is 55.5. The van der Waals surface area contributed by atoms with Crippen molar-refractivity contribution < 1.29 is 32.4 Å². The molecule has 1 aliphatic carbocycles. The van der Waals surface area contributed by atoms with Gasteiger partial charge in [-0.15, -0.1) is 0 Å². The molecule has 0 heterocycles. The molecular weight excluding hydrogens is 370 g/mol. The highest BCUT2D eigenvalue weighted by molar-refractivity contribution is 6.10. The van der Waals surface area contributed by atoms with Crippen molar-refractivity contribution in [1.82, 2.24) is 5.48 Å². The molecule has 3 rings (SSSR count). The summed E-state index contributed by atoms with van der Waals surface area (Å²) in [7, 11) is -2.68. The van der Waals surface area contributed by atoms with E-state index in [-0.39, 0.29) is 35.3 Å². The second-order valence-electron chi connectivity index (χ2n) is 6.15. The highest BCUT2D eigenvalue weighted by Crippen LogP contribution is 2.31. The van der Waals surface area contributed by atoms with Crippen molar-refractivity contribution >= 4 is 17.5 Å². The van der Waals surface area contributed by atoms with Gasteiger partial charge in [-0.05, 0) is 54.7 Å². The number of anilines is 1. The Morgan fingerprint density at radius 1 is 1.07 bits per heavy atom. The lowest BCUT2D eigenvalue weighted by molar-refractivity contribution is -0.125. The minimum atomic E-state index is -2.68. The van der Waals surface area contributed by atoms with Gasteiger partial charge in [-0.1, -0.05) is 12.1 Å². The fourth-order valence-corrected chi connectivity index (χ4v) is 3.10. The molecular formula is C20H18F2N2O4. The number of rotatable bonds is 5. The van der Waals surface area contributed by atoms with E-state index in [1.807, 2.05) is 0 Å². The second kappa shape index (κ2) is 8.18. The van der Waals surface area contributed by atoms with Crippen LogP contribution in [-0.4, -0.2) is 24.1 Å². The number of carbonyl (C=O) groups excluding carboxylic acids is 2. The molecule has 0 atom stereocenters. The normalized spacial score (nSPS) is 15.5. The van der Waals surface area contributed by atoms with Crippen molar-refractivity contribution in [3.63, 3.8) is 0 Å². The Hall–Kier alpha value is -3.26. The zero-order chi connectivity index (χ0) is 22.8. The van der Waals surface area contributed by atoms with Crippen molar-refractivity contribution in [3.8, 4) is 16.9 Å². The summed E-state index contributed by atoms with van der Waals surface area (Å²) in [6.07, 6.45) is 0.976. The standard InChI is InChI=1S/C20H18F2N2O4/c1-28-13-5-2-4-11(8-13)12-9-16(21)18(17(22)10-12)23-19(25)14-6-3-7-15(14)20(26)24-27/h2,4-5,8-10,27H,3,6-7H2,1H3,(H,23,25)(H,24,26)/i1D3. The third kappa shape index (κ3) is 3.86. The number of hydrogen-bond donors (Lipinski definition) is 3. The van der Waals surface area contributed by atoms with E-state index in [1.54, 1.807) is 0 Å². The van der Waals surface area contributed by atoms with Gasteiger partial charge in [0.25, 0.3) is 11.8 Å². The molecule has 0 bridgehead atoms. The van der Waals surface area contributed by atoms with E-state index in [0.29, 0.717) is 12.0 Å². The number of halogens is 2. The van der Waals surface area contributed by atoms with E-state index in [9.17, 15) is 18.4 Å². The van der Waals surface area contributed by atoms with Crippen LogP contribution in [0.1, 0.15) is 23.4 Å². The molecule has 2 aromatic rings. The third-order valence-corrected chi connectivity index (χ3v) is 4.43. The average molecular weight is 391 g/mol. The number of nitrogens with one attached hydrogen (secondary N) is 2. The van der Waals surface area contributed by atoms with Crippen molar-refractivity contribution in [1.29, 1.82) is 0 Å². The van der Waals surface area contributed by atoms with Crippen LogP contribution in [0.15, 0.2) is 47.5 Å². The van der Waals surface area contributed by atoms with Gasteiger partial charge in [0, 0.05) is 11.1 Å². The van der Waals surface area contributed by atoms with Crippen molar-refractivity contribution in [2.45, 2.75) is 19.3 Å². The number of carbonyl (C=O) groups is 2. The minimum Gasteiger partial charge on any atom is -0.497 e. The fraction of sp³-hybridized carbons (Fsp3) is 0.200. The lowest BCUT2D eigenvalue weighted by Gasteiger charge is -2.12. The Morgan fingerprint density at radius 2 is 1.75 bits per heavy atom. The van der Waals surface area contributed by atoms with Crippen LogP contribution >= 0.6 is 0 Å². The first-order chi connectivity index (χ1) is 14.6. The summed E-state index contributed by atoms with van der Waals surface area (Å²) >= 11 is 0. The largest absolute Gasteiger partial charge is 0.497 e. The van der Waals surface area contributed by atoms with Crippen molar-refractivity contribution in [2.24, 2.45) is 0 Å². The summed E-state index contributed by atoms with van der Waals surface area (Å²) in [6, 6.07) is 7.67. The number of hydroxylamine groups is 1. The molecule has 28 heavy (non-hydrogen) atoms. The van der Waals surface area contributed by atoms with Gasteiger partial charge < -0.3 is 10.1 Å². The topological polar surface area (TPSA) is 87.7 Å². The Kier molecular flexibility index (Phi) is 4.61. The van der Waals surface area contributed by atoms with E-state index < -0.39 is 36.2 Å². The van der Waals surface area contributed by atoms with Gasteiger partial charge >= 0.3 is 0 Å². The highest BCUT2D eigenvalue weighted by Gasteiger charge is 2.26. The van der Waals surface area contributed by atoms with Gasteiger partial charge in [-0.2, -0.15) is 0 Å². The molecule has 0 aromatic heterocycles. The lowest BCUT2D eigenvalue weighted by atomic mass is 10.0. The molecule has 2 amide bonds. The predicted octanol–water partition coefficient (Wildman–Crippen LogP) is 3.56. The third-order valence-electron chi connectivity index (χ3n) is 4.43. The van der Waals surface area contributed by atoms with Crippen LogP contribution in [0.3, 0.4) is 0 Å². The summed E-state index contributed by atoms with van der Waals surface area (Å²) in [6.45, 7) is 0. The molecule has 0 saturated carbocycles. The van der Waals surface area contributed by atoms with Gasteiger partial charge in [0.15, 0.2) is 0 Å². The molecule has 0 fully saturated rings. The molecule has 0 aliphatic heterocycles. The van der Waals surface area contributed by atoms with E-state index >= 15 is 0 Å². The molecule has 3 N–H and O–H groups in total. The van der Waals surface area contributed by atoms with Crippen LogP contribution < -0.4 is 15.5 Å². The second-order valence-corrected chi connectivity index (χ2v) is 6.15. The van der Waals surface area contributed by atoms with E-state index in [4.69, 9.17) is 14.1 Å². The van der Waals surface area contributed by atoms with Crippen LogP contribution in [-0.2, 0) is 9.59 Å². The van der Waals surface area contributed by atoms with Crippen LogP contribution in [0.2, 0.25) is 0 Å². The smallest absolute Gasteiger partial charge is 0.271 e. The highest BCUT2D eigenvalue weighted by atomic mass is 19.1. The lowest BCUT2D eigenvalue weighted by Crippen LogP contribution is -2.24. The van der Waals surface area contributed by atoms with E-state index in [0.717, 1.165) is 12.1 Å². The molecule has 1 aliphatic rings. The Bertz CT molecular complexity index is 1050. The monoisotopic (exact) mass is 391 g/mol. The number of benzene rings is 2. The van der Waals surface area contributed by atoms with Crippen LogP contribution in [0, 0.1) is 11.6 Å². The van der Waals surface area contributed by atoms with Crippen molar-refractivity contribution in [2.75, 3.05) is 12.4 Å². The minimum absolute atomic E-state index is 0.00134. The first-order valence-corrected chi connectivity index (χ1v) is 8.35. The number of methoxy groups -OCH3 is 1. The maximum absolute atomic E-state index is 14.6. The Balaban J connectivity index is 1.87.